The second kappa shape index (κ2) is 6.10. The van der Waals surface area contributed by atoms with Gasteiger partial charge in [0.05, 0.1) is 0 Å². The maximum Gasteiger partial charge on any atom is 0.244 e. The van der Waals surface area contributed by atoms with Crippen molar-refractivity contribution in [3.8, 4) is 0 Å². The molecule has 5 nitrogen and oxygen atoms in total. The molecular formula is C15H27N3O2S. The van der Waals surface area contributed by atoms with Gasteiger partial charge in [-0.1, -0.05) is 6.92 Å². The van der Waals surface area contributed by atoms with Gasteiger partial charge in [-0.05, 0) is 45.6 Å². The van der Waals surface area contributed by atoms with E-state index < -0.39 is 10.0 Å². The van der Waals surface area contributed by atoms with Crippen LogP contribution >= 0.6 is 0 Å². The molecule has 0 amide bonds. The van der Waals surface area contributed by atoms with Crippen LogP contribution in [0.1, 0.15) is 52.3 Å². The van der Waals surface area contributed by atoms with Crippen LogP contribution in [0.3, 0.4) is 0 Å². The van der Waals surface area contributed by atoms with Crippen LogP contribution in [-0.2, 0) is 16.6 Å². The minimum absolute atomic E-state index is 0.0486. The number of rotatable bonds is 4. The normalized spacial score (nSPS) is 24.7. The topological polar surface area (TPSA) is 68.3 Å². The minimum Gasteiger partial charge on any atom is -0.346 e. The molecule has 2 heterocycles. The molecule has 1 aromatic heterocycles. The number of hydrogen-bond acceptors (Lipinski definition) is 3. The standard InChI is InChI=1S/C15H27N3O2S/c1-11(2)17-10-15(8-14(17)9-16)21(19,20)18-7-5-6-12(3)13(18)4/h8,10-13H,5-7,9,16H2,1-4H3. The summed E-state index contributed by atoms with van der Waals surface area (Å²) in [6.07, 6.45) is 3.75. The summed E-state index contributed by atoms with van der Waals surface area (Å²) in [5, 5.41) is 0. The molecule has 2 unspecified atom stereocenters. The summed E-state index contributed by atoms with van der Waals surface area (Å²) in [4.78, 5) is 0.373. The van der Waals surface area contributed by atoms with E-state index in [2.05, 4.69) is 6.92 Å². The first kappa shape index (κ1) is 16.5. The zero-order valence-electron chi connectivity index (χ0n) is 13.4. The SMILES string of the molecule is CC1CCCN(S(=O)(=O)c2cc(CN)n(C(C)C)c2)C1C. The number of aromatic nitrogens is 1. The summed E-state index contributed by atoms with van der Waals surface area (Å²) in [6, 6.07) is 1.97. The highest BCUT2D eigenvalue weighted by Crippen LogP contribution is 2.30. The molecule has 6 heteroatoms. The molecule has 1 fully saturated rings. The van der Waals surface area contributed by atoms with Gasteiger partial charge in [0, 0.05) is 37.1 Å². The van der Waals surface area contributed by atoms with E-state index >= 15 is 0 Å². The summed E-state index contributed by atoms with van der Waals surface area (Å²) in [7, 11) is -3.43. The van der Waals surface area contributed by atoms with Gasteiger partial charge in [0.1, 0.15) is 4.90 Å². The van der Waals surface area contributed by atoms with Crippen molar-refractivity contribution in [2.75, 3.05) is 6.54 Å². The lowest BCUT2D eigenvalue weighted by Gasteiger charge is -2.36. The molecule has 0 aromatic carbocycles. The van der Waals surface area contributed by atoms with E-state index in [-0.39, 0.29) is 12.1 Å². The van der Waals surface area contributed by atoms with Crippen molar-refractivity contribution >= 4 is 10.0 Å². The number of nitrogens with zero attached hydrogens (tertiary/aromatic N) is 2. The van der Waals surface area contributed by atoms with Crippen LogP contribution < -0.4 is 5.73 Å². The number of nitrogens with two attached hydrogens (primary N) is 1. The van der Waals surface area contributed by atoms with Gasteiger partial charge in [-0.2, -0.15) is 4.31 Å². The number of hydrogen-bond donors (Lipinski definition) is 1. The zero-order valence-corrected chi connectivity index (χ0v) is 14.2. The van der Waals surface area contributed by atoms with E-state index in [4.69, 9.17) is 5.73 Å². The Morgan fingerprint density at radius 3 is 2.57 bits per heavy atom. The highest BCUT2D eigenvalue weighted by atomic mass is 32.2. The fourth-order valence-electron chi connectivity index (χ4n) is 3.05. The second-order valence-electron chi connectivity index (χ2n) is 6.35. The molecule has 2 N–H and O–H groups in total. The third-order valence-electron chi connectivity index (χ3n) is 4.59. The highest BCUT2D eigenvalue weighted by Gasteiger charge is 2.35. The molecule has 1 saturated heterocycles. The van der Waals surface area contributed by atoms with Crippen molar-refractivity contribution in [2.24, 2.45) is 11.7 Å². The molecule has 2 atom stereocenters. The molecule has 0 radical (unpaired) electrons. The van der Waals surface area contributed by atoms with Crippen LogP contribution in [0.15, 0.2) is 17.2 Å². The number of sulfonamides is 1. The number of piperidine rings is 1. The van der Waals surface area contributed by atoms with Crippen LogP contribution in [0, 0.1) is 5.92 Å². The van der Waals surface area contributed by atoms with E-state index in [0.29, 0.717) is 23.9 Å². The maximum atomic E-state index is 12.9. The molecule has 0 aliphatic carbocycles. The Morgan fingerprint density at radius 1 is 1.38 bits per heavy atom. The summed E-state index contributed by atoms with van der Waals surface area (Å²) in [6.45, 7) is 9.14. The molecule has 1 aromatic rings. The van der Waals surface area contributed by atoms with Gasteiger partial charge in [-0.3, -0.25) is 0 Å². The molecule has 1 aliphatic rings. The first-order chi connectivity index (χ1) is 9.78. The minimum atomic E-state index is -3.43. The average Bonchev–Trinajstić information content (AvgIpc) is 2.86. The molecule has 120 valence electrons. The van der Waals surface area contributed by atoms with Crippen molar-refractivity contribution in [2.45, 2.75) is 64.1 Å². The fourth-order valence-corrected chi connectivity index (χ4v) is 4.87. The Kier molecular flexibility index (Phi) is 4.80. The Hall–Kier alpha value is -0.850. The summed E-state index contributed by atoms with van der Waals surface area (Å²) in [5.41, 5.74) is 6.61. The Balaban J connectivity index is 2.40. The third kappa shape index (κ3) is 3.03. The summed E-state index contributed by atoms with van der Waals surface area (Å²) < 4.78 is 29.4. The van der Waals surface area contributed by atoms with Crippen molar-refractivity contribution in [1.29, 1.82) is 0 Å². The Labute approximate surface area is 128 Å². The first-order valence-corrected chi connectivity index (χ1v) is 9.15. The fraction of sp³-hybridized carbons (Fsp3) is 0.733. The molecule has 2 rings (SSSR count). The van der Waals surface area contributed by atoms with Crippen LogP contribution in [0.4, 0.5) is 0 Å². The van der Waals surface area contributed by atoms with E-state index in [0.717, 1.165) is 18.5 Å². The van der Waals surface area contributed by atoms with Crippen molar-refractivity contribution < 1.29 is 8.42 Å². The predicted molar refractivity (Wildman–Crippen MR) is 84.5 cm³/mol. The zero-order chi connectivity index (χ0) is 15.8. The van der Waals surface area contributed by atoms with Crippen LogP contribution in [0.5, 0.6) is 0 Å². The first-order valence-electron chi connectivity index (χ1n) is 7.71. The van der Waals surface area contributed by atoms with E-state index in [1.807, 2.05) is 25.3 Å². The molecule has 0 bridgehead atoms. The maximum absolute atomic E-state index is 12.9. The van der Waals surface area contributed by atoms with Gasteiger partial charge in [-0.25, -0.2) is 8.42 Å². The van der Waals surface area contributed by atoms with Crippen molar-refractivity contribution in [3.05, 3.63) is 18.0 Å². The summed E-state index contributed by atoms with van der Waals surface area (Å²) >= 11 is 0. The van der Waals surface area contributed by atoms with E-state index in [9.17, 15) is 8.42 Å². The quantitative estimate of drug-likeness (QED) is 0.927. The third-order valence-corrected chi connectivity index (χ3v) is 6.55. The smallest absolute Gasteiger partial charge is 0.244 e. The van der Waals surface area contributed by atoms with Crippen LogP contribution in [-0.4, -0.2) is 29.9 Å². The van der Waals surface area contributed by atoms with Gasteiger partial charge in [0.2, 0.25) is 10.0 Å². The van der Waals surface area contributed by atoms with E-state index in [1.165, 1.54) is 0 Å². The van der Waals surface area contributed by atoms with Crippen molar-refractivity contribution in [3.63, 3.8) is 0 Å². The van der Waals surface area contributed by atoms with Gasteiger partial charge >= 0.3 is 0 Å². The second-order valence-corrected chi connectivity index (χ2v) is 8.24. The lowest BCUT2D eigenvalue weighted by atomic mass is 9.94. The van der Waals surface area contributed by atoms with E-state index in [1.54, 1.807) is 16.6 Å². The Morgan fingerprint density at radius 2 is 2.05 bits per heavy atom. The lowest BCUT2D eigenvalue weighted by Crippen LogP contribution is -2.45. The molecular weight excluding hydrogens is 286 g/mol. The van der Waals surface area contributed by atoms with Gasteiger partial charge in [-0.15, -0.1) is 0 Å². The molecule has 21 heavy (non-hydrogen) atoms. The largest absolute Gasteiger partial charge is 0.346 e. The highest BCUT2D eigenvalue weighted by molar-refractivity contribution is 7.89. The molecule has 0 saturated carbocycles. The molecule has 0 spiro atoms. The van der Waals surface area contributed by atoms with Crippen LogP contribution in [0.2, 0.25) is 0 Å². The van der Waals surface area contributed by atoms with Crippen molar-refractivity contribution in [1.82, 2.24) is 8.87 Å². The molecule has 1 aliphatic heterocycles. The van der Waals surface area contributed by atoms with Crippen LogP contribution in [0.25, 0.3) is 0 Å². The lowest BCUT2D eigenvalue weighted by molar-refractivity contribution is 0.202. The average molecular weight is 313 g/mol. The monoisotopic (exact) mass is 313 g/mol. The van der Waals surface area contributed by atoms with Gasteiger partial charge < -0.3 is 10.3 Å². The van der Waals surface area contributed by atoms with Gasteiger partial charge in [0.25, 0.3) is 0 Å². The van der Waals surface area contributed by atoms with Gasteiger partial charge in [0.15, 0.2) is 0 Å². The predicted octanol–water partition coefficient (Wildman–Crippen LogP) is 2.34. The Bertz CT molecular complexity index is 592. The summed E-state index contributed by atoms with van der Waals surface area (Å²) in [5.74, 6) is 0.398.